The van der Waals surface area contributed by atoms with Crippen LogP contribution in [0.25, 0.3) is 0 Å². The highest BCUT2D eigenvalue weighted by Gasteiger charge is 2.12. The normalized spacial score (nSPS) is 9.69. The van der Waals surface area contributed by atoms with E-state index in [1.54, 1.807) is 6.92 Å². The number of nitrogens with one attached hydrogen (secondary N) is 1. The molecular formula is C7H8N2O3S. The largest absolute Gasteiger partial charge is 0.465 e. The van der Waals surface area contributed by atoms with Crippen molar-refractivity contribution in [3.63, 3.8) is 0 Å². The molecule has 0 saturated carbocycles. The molecule has 0 fully saturated rings. The number of carbonyl (C=O) groups excluding carboxylic acids is 1. The second kappa shape index (κ2) is 3.53. The minimum absolute atomic E-state index is 0.103. The highest BCUT2D eigenvalue weighted by Crippen LogP contribution is 2.22. The Balaban J connectivity index is 2.95. The first-order valence-electron chi connectivity index (χ1n) is 3.49. The van der Waals surface area contributed by atoms with E-state index in [4.69, 9.17) is 5.11 Å². The van der Waals surface area contributed by atoms with Crippen molar-refractivity contribution in [2.24, 2.45) is 0 Å². The lowest BCUT2D eigenvalue weighted by Gasteiger charge is -1.90. The van der Waals surface area contributed by atoms with E-state index in [1.807, 2.05) is 0 Å². The molecule has 0 aromatic carbocycles. The summed E-state index contributed by atoms with van der Waals surface area (Å²) in [7, 11) is 0. The molecule has 0 aliphatic rings. The van der Waals surface area contributed by atoms with Crippen molar-refractivity contribution in [2.45, 2.75) is 13.8 Å². The predicted octanol–water partition coefficient (Wildman–Crippen LogP) is 1.74. The van der Waals surface area contributed by atoms with Gasteiger partial charge in [-0.05, 0) is 6.92 Å². The standard InChI is InChI=1S/C7H8N2O3S/c1-3-5(4(2)10)13-6(8-3)9-7(11)12/h1-2H3,(H,8,9)(H,11,12). The van der Waals surface area contributed by atoms with E-state index in [2.05, 4.69) is 10.3 Å². The van der Waals surface area contributed by atoms with Crippen molar-refractivity contribution in [3.05, 3.63) is 10.6 Å². The van der Waals surface area contributed by atoms with Gasteiger partial charge < -0.3 is 5.11 Å². The van der Waals surface area contributed by atoms with E-state index in [-0.39, 0.29) is 10.9 Å². The van der Waals surface area contributed by atoms with Crippen molar-refractivity contribution in [3.8, 4) is 0 Å². The SMILES string of the molecule is CC(=O)c1sc(NC(=O)O)nc1C. The number of hydrogen-bond donors (Lipinski definition) is 2. The molecule has 5 nitrogen and oxygen atoms in total. The third-order valence-electron chi connectivity index (χ3n) is 1.33. The monoisotopic (exact) mass is 200 g/mol. The van der Waals surface area contributed by atoms with E-state index in [1.165, 1.54) is 6.92 Å². The molecule has 0 radical (unpaired) electrons. The third kappa shape index (κ3) is 2.25. The Kier molecular flexibility index (Phi) is 2.62. The van der Waals surface area contributed by atoms with Crippen LogP contribution >= 0.6 is 11.3 Å². The average Bonchev–Trinajstić information content (AvgIpc) is 2.29. The molecule has 1 aromatic heterocycles. The van der Waals surface area contributed by atoms with Gasteiger partial charge in [-0.1, -0.05) is 11.3 Å². The summed E-state index contributed by atoms with van der Waals surface area (Å²) in [5.74, 6) is -0.103. The second-order valence-electron chi connectivity index (χ2n) is 2.42. The molecule has 2 N–H and O–H groups in total. The van der Waals surface area contributed by atoms with Gasteiger partial charge in [-0.3, -0.25) is 10.1 Å². The topological polar surface area (TPSA) is 79.3 Å². The number of aromatic nitrogens is 1. The maximum absolute atomic E-state index is 11.0. The summed E-state index contributed by atoms with van der Waals surface area (Å²) in [6, 6.07) is 0. The zero-order valence-electron chi connectivity index (χ0n) is 7.12. The van der Waals surface area contributed by atoms with Crippen LogP contribution in [0.2, 0.25) is 0 Å². The Labute approximate surface area is 78.4 Å². The average molecular weight is 200 g/mol. The van der Waals surface area contributed by atoms with Crippen LogP contribution in [0.15, 0.2) is 0 Å². The Morgan fingerprint density at radius 2 is 2.15 bits per heavy atom. The molecule has 0 bridgehead atoms. The van der Waals surface area contributed by atoms with Crippen molar-refractivity contribution in [2.75, 3.05) is 5.32 Å². The molecule has 0 aliphatic carbocycles. The summed E-state index contributed by atoms with van der Waals surface area (Å²) >= 11 is 1.04. The molecule has 1 aromatic rings. The minimum atomic E-state index is -1.18. The van der Waals surface area contributed by atoms with Gasteiger partial charge >= 0.3 is 6.09 Å². The number of aryl methyl sites for hydroxylation is 1. The molecule has 0 saturated heterocycles. The second-order valence-corrected chi connectivity index (χ2v) is 3.42. The molecule has 13 heavy (non-hydrogen) atoms. The quantitative estimate of drug-likeness (QED) is 0.712. The van der Waals surface area contributed by atoms with Gasteiger partial charge in [-0.25, -0.2) is 9.78 Å². The lowest BCUT2D eigenvalue weighted by molar-refractivity contribution is 0.102. The highest BCUT2D eigenvalue weighted by molar-refractivity contribution is 7.17. The van der Waals surface area contributed by atoms with Crippen molar-refractivity contribution in [1.29, 1.82) is 0 Å². The molecule has 0 atom stereocenters. The van der Waals surface area contributed by atoms with E-state index < -0.39 is 6.09 Å². The Morgan fingerprint density at radius 3 is 2.54 bits per heavy atom. The van der Waals surface area contributed by atoms with E-state index >= 15 is 0 Å². The zero-order chi connectivity index (χ0) is 10.0. The Morgan fingerprint density at radius 1 is 1.54 bits per heavy atom. The van der Waals surface area contributed by atoms with Gasteiger partial charge in [0.05, 0.1) is 10.6 Å². The van der Waals surface area contributed by atoms with Crippen molar-refractivity contribution < 1.29 is 14.7 Å². The first-order chi connectivity index (χ1) is 6.00. The highest BCUT2D eigenvalue weighted by atomic mass is 32.1. The summed E-state index contributed by atoms with van der Waals surface area (Å²) in [6.07, 6.45) is -1.18. The fraction of sp³-hybridized carbons (Fsp3) is 0.286. The fourth-order valence-electron chi connectivity index (χ4n) is 0.868. The summed E-state index contributed by atoms with van der Waals surface area (Å²) < 4.78 is 0. The number of hydrogen-bond acceptors (Lipinski definition) is 4. The van der Waals surface area contributed by atoms with Gasteiger partial charge in [-0.15, -0.1) is 0 Å². The van der Waals surface area contributed by atoms with Gasteiger partial charge in [-0.2, -0.15) is 0 Å². The maximum atomic E-state index is 11.0. The summed E-state index contributed by atoms with van der Waals surface area (Å²) in [4.78, 5) is 25.6. The number of carboxylic acid groups (broad SMARTS) is 1. The maximum Gasteiger partial charge on any atom is 0.410 e. The van der Waals surface area contributed by atoms with Crippen LogP contribution in [-0.4, -0.2) is 22.0 Å². The molecule has 0 unspecified atom stereocenters. The number of nitrogens with zero attached hydrogens (tertiary/aromatic N) is 1. The van der Waals surface area contributed by atoms with Crippen LogP contribution in [0, 0.1) is 6.92 Å². The van der Waals surface area contributed by atoms with Crippen LogP contribution in [0.3, 0.4) is 0 Å². The van der Waals surface area contributed by atoms with Crippen LogP contribution in [0.4, 0.5) is 9.93 Å². The number of thiazole rings is 1. The van der Waals surface area contributed by atoms with Crippen molar-refractivity contribution >= 4 is 28.3 Å². The Bertz CT molecular complexity index is 359. The number of ketones is 1. The van der Waals surface area contributed by atoms with Gasteiger partial charge in [0, 0.05) is 6.92 Å². The van der Waals surface area contributed by atoms with E-state index in [0.717, 1.165) is 11.3 Å². The van der Waals surface area contributed by atoms with Crippen LogP contribution in [-0.2, 0) is 0 Å². The fourth-order valence-corrected chi connectivity index (χ4v) is 1.72. The number of carbonyl (C=O) groups is 2. The van der Waals surface area contributed by atoms with Crippen molar-refractivity contribution in [1.82, 2.24) is 4.98 Å². The Hall–Kier alpha value is -1.43. The molecule has 0 spiro atoms. The summed E-state index contributed by atoms with van der Waals surface area (Å²) in [6.45, 7) is 3.09. The van der Waals surface area contributed by atoms with Gasteiger partial charge in [0.25, 0.3) is 0 Å². The molecule has 0 aliphatic heterocycles. The molecular weight excluding hydrogens is 192 g/mol. The summed E-state index contributed by atoms with van der Waals surface area (Å²) in [5, 5.41) is 10.7. The number of anilines is 1. The number of Topliss-reactive ketones (excluding diaryl/α,β-unsaturated/α-hetero) is 1. The molecule has 70 valence electrons. The molecule has 1 rings (SSSR count). The van der Waals surface area contributed by atoms with E-state index in [9.17, 15) is 9.59 Å². The van der Waals surface area contributed by atoms with E-state index in [0.29, 0.717) is 10.6 Å². The molecule has 1 heterocycles. The summed E-state index contributed by atoms with van der Waals surface area (Å²) in [5.41, 5.74) is 0.557. The van der Waals surface area contributed by atoms with Gasteiger partial charge in [0.15, 0.2) is 10.9 Å². The van der Waals surface area contributed by atoms with Crippen LogP contribution in [0.5, 0.6) is 0 Å². The molecule has 6 heteroatoms. The number of amides is 1. The van der Waals surface area contributed by atoms with Crippen LogP contribution < -0.4 is 5.32 Å². The third-order valence-corrected chi connectivity index (χ3v) is 2.50. The first-order valence-corrected chi connectivity index (χ1v) is 4.30. The van der Waals surface area contributed by atoms with Gasteiger partial charge in [0.1, 0.15) is 0 Å². The first kappa shape index (κ1) is 9.66. The zero-order valence-corrected chi connectivity index (χ0v) is 7.94. The molecule has 1 amide bonds. The lowest BCUT2D eigenvalue weighted by atomic mass is 10.3. The minimum Gasteiger partial charge on any atom is -0.465 e. The number of rotatable bonds is 2. The lowest BCUT2D eigenvalue weighted by Crippen LogP contribution is -2.06. The van der Waals surface area contributed by atoms with Crippen LogP contribution in [0.1, 0.15) is 22.3 Å². The smallest absolute Gasteiger partial charge is 0.410 e. The van der Waals surface area contributed by atoms with Gasteiger partial charge in [0.2, 0.25) is 0 Å². The predicted molar refractivity (Wildman–Crippen MR) is 48.5 cm³/mol.